The monoisotopic (exact) mass is 242 g/mol. The predicted molar refractivity (Wildman–Crippen MR) is 68.7 cm³/mol. The fraction of sp³-hybridized carbons (Fsp3) is 0.154. The summed E-state index contributed by atoms with van der Waals surface area (Å²) in [6.07, 6.45) is 5.60. The van der Waals surface area contributed by atoms with Crippen LogP contribution in [0.1, 0.15) is 11.3 Å². The van der Waals surface area contributed by atoms with E-state index >= 15 is 0 Å². The van der Waals surface area contributed by atoms with Gasteiger partial charge in [-0.3, -0.25) is 15.4 Å². The summed E-state index contributed by atoms with van der Waals surface area (Å²) in [7, 11) is 0. The first-order valence-electron chi connectivity index (χ1n) is 5.58. The Labute approximate surface area is 105 Å². The zero-order valence-electron chi connectivity index (χ0n) is 9.84. The number of aromatic nitrogens is 2. The molecule has 92 valence electrons. The van der Waals surface area contributed by atoms with Crippen molar-refractivity contribution in [3.05, 3.63) is 54.1 Å². The average molecular weight is 242 g/mol. The maximum Gasteiger partial charge on any atom is 0.148 e. The van der Waals surface area contributed by atoms with Crippen molar-refractivity contribution in [3.8, 4) is 5.75 Å². The van der Waals surface area contributed by atoms with Crippen molar-refractivity contribution in [2.45, 2.75) is 6.42 Å². The van der Waals surface area contributed by atoms with Gasteiger partial charge in [-0.1, -0.05) is 6.07 Å². The Hall–Kier alpha value is -2.43. The third kappa shape index (κ3) is 3.04. The highest BCUT2D eigenvalue weighted by molar-refractivity contribution is 5.97. The third-order valence-corrected chi connectivity index (χ3v) is 2.42. The molecule has 2 heterocycles. The SMILES string of the molecule is N=C(N)c1ccncc1OCCc1ccccn1. The Kier molecular flexibility index (Phi) is 3.86. The van der Waals surface area contributed by atoms with Crippen molar-refractivity contribution in [2.75, 3.05) is 6.61 Å². The van der Waals surface area contributed by atoms with E-state index in [1.165, 1.54) is 0 Å². The van der Waals surface area contributed by atoms with E-state index in [0.29, 0.717) is 24.3 Å². The maximum atomic E-state index is 7.43. The fourth-order valence-electron chi connectivity index (χ4n) is 1.53. The molecule has 0 saturated heterocycles. The molecule has 2 aromatic rings. The summed E-state index contributed by atoms with van der Waals surface area (Å²) in [6, 6.07) is 7.42. The summed E-state index contributed by atoms with van der Waals surface area (Å²) in [5.74, 6) is 0.506. The Balaban J connectivity index is 1.97. The van der Waals surface area contributed by atoms with Gasteiger partial charge in [0, 0.05) is 24.5 Å². The minimum Gasteiger partial charge on any atom is -0.491 e. The summed E-state index contributed by atoms with van der Waals surface area (Å²) in [5, 5.41) is 7.43. The van der Waals surface area contributed by atoms with Gasteiger partial charge in [-0.2, -0.15) is 0 Å². The van der Waals surface area contributed by atoms with Crippen LogP contribution in [-0.4, -0.2) is 22.4 Å². The second-order valence-electron chi connectivity index (χ2n) is 3.71. The van der Waals surface area contributed by atoms with Gasteiger partial charge in [-0.05, 0) is 18.2 Å². The molecular weight excluding hydrogens is 228 g/mol. The normalized spacial score (nSPS) is 10.0. The molecule has 5 heteroatoms. The first kappa shape index (κ1) is 12.0. The van der Waals surface area contributed by atoms with Crippen molar-refractivity contribution >= 4 is 5.84 Å². The number of hydrogen-bond acceptors (Lipinski definition) is 4. The minimum absolute atomic E-state index is 0.0229. The molecule has 0 aromatic carbocycles. The second kappa shape index (κ2) is 5.77. The minimum atomic E-state index is -0.0229. The quantitative estimate of drug-likeness (QED) is 0.612. The number of pyridine rings is 2. The standard InChI is InChI=1S/C13H14N4O/c14-13(15)11-4-7-16-9-12(11)18-8-5-10-3-1-2-6-17-10/h1-4,6-7,9H,5,8H2,(H3,14,15). The van der Waals surface area contributed by atoms with E-state index in [4.69, 9.17) is 15.9 Å². The molecule has 0 aliphatic rings. The van der Waals surface area contributed by atoms with Gasteiger partial charge in [0.1, 0.15) is 11.6 Å². The number of amidine groups is 1. The topological polar surface area (TPSA) is 84.9 Å². The van der Waals surface area contributed by atoms with Crippen molar-refractivity contribution in [1.82, 2.24) is 9.97 Å². The molecule has 0 radical (unpaired) electrons. The number of nitrogen functional groups attached to an aromatic ring is 1. The smallest absolute Gasteiger partial charge is 0.148 e. The lowest BCUT2D eigenvalue weighted by Gasteiger charge is -2.09. The van der Waals surface area contributed by atoms with Crippen molar-refractivity contribution < 1.29 is 4.74 Å². The molecule has 0 bridgehead atoms. The third-order valence-electron chi connectivity index (χ3n) is 2.42. The van der Waals surface area contributed by atoms with Gasteiger partial charge in [0.25, 0.3) is 0 Å². The van der Waals surface area contributed by atoms with E-state index in [9.17, 15) is 0 Å². The molecule has 0 amide bonds. The van der Waals surface area contributed by atoms with Crippen LogP contribution < -0.4 is 10.5 Å². The van der Waals surface area contributed by atoms with E-state index in [-0.39, 0.29) is 5.84 Å². The number of hydrogen-bond donors (Lipinski definition) is 2. The summed E-state index contributed by atoms with van der Waals surface area (Å²) in [6.45, 7) is 0.475. The fourth-order valence-corrected chi connectivity index (χ4v) is 1.53. The van der Waals surface area contributed by atoms with Gasteiger partial charge in [0.2, 0.25) is 0 Å². The Morgan fingerprint density at radius 3 is 2.89 bits per heavy atom. The van der Waals surface area contributed by atoms with E-state index < -0.39 is 0 Å². The van der Waals surface area contributed by atoms with Gasteiger partial charge in [0.05, 0.1) is 18.4 Å². The van der Waals surface area contributed by atoms with E-state index in [1.54, 1.807) is 24.7 Å². The molecule has 0 unspecified atom stereocenters. The van der Waals surface area contributed by atoms with E-state index in [0.717, 1.165) is 5.69 Å². The van der Waals surface area contributed by atoms with Gasteiger partial charge < -0.3 is 10.5 Å². The summed E-state index contributed by atoms with van der Waals surface area (Å²) < 4.78 is 5.58. The number of nitrogens with zero attached hydrogens (tertiary/aromatic N) is 2. The first-order chi connectivity index (χ1) is 8.77. The molecule has 0 atom stereocenters. The lowest BCUT2D eigenvalue weighted by atomic mass is 10.2. The van der Waals surface area contributed by atoms with Crippen LogP contribution in [0.15, 0.2) is 42.9 Å². The molecule has 2 aromatic heterocycles. The average Bonchev–Trinajstić information content (AvgIpc) is 2.40. The lowest BCUT2D eigenvalue weighted by Crippen LogP contribution is -2.14. The molecule has 2 rings (SSSR count). The molecule has 18 heavy (non-hydrogen) atoms. The zero-order valence-corrected chi connectivity index (χ0v) is 9.84. The summed E-state index contributed by atoms with van der Waals surface area (Å²) >= 11 is 0. The molecular formula is C13H14N4O. The van der Waals surface area contributed by atoms with Crippen molar-refractivity contribution in [3.63, 3.8) is 0 Å². The number of nitrogens with two attached hydrogens (primary N) is 1. The molecule has 0 aliphatic heterocycles. The van der Waals surface area contributed by atoms with Crippen molar-refractivity contribution in [1.29, 1.82) is 5.41 Å². The summed E-state index contributed by atoms with van der Waals surface area (Å²) in [4.78, 5) is 8.17. The molecule has 0 saturated carbocycles. The number of nitrogens with one attached hydrogen (secondary N) is 1. The summed E-state index contributed by atoms with van der Waals surface area (Å²) in [5.41, 5.74) is 6.99. The zero-order chi connectivity index (χ0) is 12.8. The van der Waals surface area contributed by atoms with Crippen LogP contribution in [0.3, 0.4) is 0 Å². The number of ether oxygens (including phenoxy) is 1. The lowest BCUT2D eigenvalue weighted by molar-refractivity contribution is 0.318. The Morgan fingerprint density at radius 2 is 2.17 bits per heavy atom. The predicted octanol–water partition coefficient (Wildman–Crippen LogP) is 1.38. The first-order valence-corrected chi connectivity index (χ1v) is 5.58. The van der Waals surface area contributed by atoms with Crippen LogP contribution in [-0.2, 0) is 6.42 Å². The van der Waals surface area contributed by atoms with E-state index in [2.05, 4.69) is 9.97 Å². The van der Waals surface area contributed by atoms with Crippen LogP contribution in [0.25, 0.3) is 0 Å². The van der Waals surface area contributed by atoms with Crippen LogP contribution in [0.4, 0.5) is 0 Å². The number of rotatable bonds is 5. The largest absolute Gasteiger partial charge is 0.491 e. The highest BCUT2D eigenvalue weighted by atomic mass is 16.5. The molecule has 3 N–H and O–H groups in total. The van der Waals surface area contributed by atoms with E-state index in [1.807, 2.05) is 18.2 Å². The highest BCUT2D eigenvalue weighted by Crippen LogP contribution is 2.15. The van der Waals surface area contributed by atoms with Gasteiger partial charge >= 0.3 is 0 Å². The highest BCUT2D eigenvalue weighted by Gasteiger charge is 2.06. The van der Waals surface area contributed by atoms with Crippen LogP contribution in [0, 0.1) is 5.41 Å². The molecule has 5 nitrogen and oxygen atoms in total. The Bertz CT molecular complexity index is 528. The van der Waals surface area contributed by atoms with Gasteiger partial charge in [-0.15, -0.1) is 0 Å². The molecule has 0 aliphatic carbocycles. The van der Waals surface area contributed by atoms with Gasteiger partial charge in [-0.25, -0.2) is 0 Å². The maximum absolute atomic E-state index is 7.43. The van der Waals surface area contributed by atoms with Crippen LogP contribution in [0.2, 0.25) is 0 Å². The van der Waals surface area contributed by atoms with Crippen LogP contribution >= 0.6 is 0 Å². The van der Waals surface area contributed by atoms with Crippen molar-refractivity contribution in [2.24, 2.45) is 5.73 Å². The van der Waals surface area contributed by atoms with Crippen LogP contribution in [0.5, 0.6) is 5.75 Å². The van der Waals surface area contributed by atoms with Gasteiger partial charge in [0.15, 0.2) is 0 Å². The second-order valence-corrected chi connectivity index (χ2v) is 3.71. The molecule has 0 spiro atoms. The Morgan fingerprint density at radius 1 is 1.28 bits per heavy atom. The molecule has 0 fully saturated rings.